The molecule has 0 spiro atoms. The van der Waals surface area contributed by atoms with Gasteiger partial charge in [-0.2, -0.15) is 5.10 Å². The summed E-state index contributed by atoms with van der Waals surface area (Å²) >= 11 is 1.70. The molecule has 0 fully saturated rings. The van der Waals surface area contributed by atoms with Gasteiger partial charge in [-0.25, -0.2) is 9.97 Å². The number of fused-ring (bicyclic) bond motifs is 1. The average molecular weight is 412 g/mol. The van der Waals surface area contributed by atoms with E-state index in [1.54, 1.807) is 30.1 Å². The molecule has 8 heteroatoms. The molecule has 29 heavy (non-hydrogen) atoms. The van der Waals surface area contributed by atoms with Crippen LogP contribution in [0.3, 0.4) is 0 Å². The van der Waals surface area contributed by atoms with Crippen LogP contribution in [0.2, 0.25) is 0 Å². The maximum atomic E-state index is 4.40. The number of likely N-dealkylation sites (N-methyl/N-ethyl adjacent to an activating group) is 2. The molecule has 0 saturated carbocycles. The smallest absolute Gasteiger partial charge is 0.158 e. The quantitative estimate of drug-likeness (QED) is 0.471. The lowest BCUT2D eigenvalue weighted by molar-refractivity contribution is 0.416. The lowest BCUT2D eigenvalue weighted by atomic mass is 9.94. The zero-order chi connectivity index (χ0) is 21.0. The van der Waals surface area contributed by atoms with E-state index in [4.69, 9.17) is 0 Å². The highest BCUT2D eigenvalue weighted by Crippen LogP contribution is 2.35. The van der Waals surface area contributed by atoms with Crippen LogP contribution in [-0.4, -0.2) is 60.3 Å². The third kappa shape index (κ3) is 5.48. The third-order valence-electron chi connectivity index (χ3n) is 4.52. The van der Waals surface area contributed by atoms with Gasteiger partial charge in [-0.3, -0.25) is 10.4 Å². The second-order valence-electron chi connectivity index (χ2n) is 8.34. The van der Waals surface area contributed by atoms with Gasteiger partial charge in [0.2, 0.25) is 0 Å². The number of nitrogens with zero attached hydrogens (tertiary/aromatic N) is 6. The Morgan fingerprint density at radius 1 is 1.10 bits per heavy atom. The lowest BCUT2D eigenvalue weighted by Crippen LogP contribution is -2.28. The number of hydrazone groups is 1. The highest BCUT2D eigenvalue weighted by molar-refractivity contribution is 7.18. The van der Waals surface area contributed by atoms with E-state index in [-0.39, 0.29) is 5.41 Å². The van der Waals surface area contributed by atoms with Crippen molar-refractivity contribution in [2.45, 2.75) is 26.2 Å². The highest BCUT2D eigenvalue weighted by Gasteiger charge is 2.18. The molecular weight excluding hydrogens is 382 g/mol. The number of pyridine rings is 1. The summed E-state index contributed by atoms with van der Waals surface area (Å²) in [4.78, 5) is 19.8. The number of thiophene rings is 1. The number of aromatic nitrogens is 3. The molecule has 3 rings (SSSR count). The summed E-state index contributed by atoms with van der Waals surface area (Å²) in [5, 5.41) is 5.35. The molecule has 3 heterocycles. The Bertz CT molecular complexity index is 988. The molecular formula is C21H29N7S. The minimum absolute atomic E-state index is 0.0782. The molecule has 1 N–H and O–H groups in total. The summed E-state index contributed by atoms with van der Waals surface area (Å²) in [6.07, 6.45) is 5.09. The Hall–Kier alpha value is -2.58. The Morgan fingerprint density at radius 3 is 2.62 bits per heavy atom. The minimum atomic E-state index is 0.0782. The average Bonchev–Trinajstić information content (AvgIpc) is 3.12. The molecule has 3 aromatic heterocycles. The summed E-state index contributed by atoms with van der Waals surface area (Å²) in [6.45, 7) is 8.53. The van der Waals surface area contributed by atoms with Crippen LogP contribution in [0, 0.1) is 0 Å². The van der Waals surface area contributed by atoms with E-state index < -0.39 is 0 Å². The van der Waals surface area contributed by atoms with Gasteiger partial charge in [-0.05, 0) is 37.7 Å². The molecule has 0 unspecified atom stereocenters. The molecule has 0 aromatic carbocycles. The van der Waals surface area contributed by atoms with Gasteiger partial charge in [0.15, 0.2) is 5.82 Å². The fourth-order valence-electron chi connectivity index (χ4n) is 2.70. The summed E-state index contributed by atoms with van der Waals surface area (Å²) < 4.78 is 0. The standard InChI is InChI=1S/C21H29N7S/c1-21(2,3)18-12-17-19(23-14-24-20(17)29-18)26-25-13-15-11-16(7-8-22-15)28(6)10-9-27(4)5/h7-8,11-14H,9-10H2,1-6H3,(H,23,24,26). The van der Waals surface area contributed by atoms with Crippen LogP contribution in [0.5, 0.6) is 0 Å². The van der Waals surface area contributed by atoms with Crippen molar-refractivity contribution in [3.05, 3.63) is 41.3 Å². The maximum absolute atomic E-state index is 4.40. The molecule has 7 nitrogen and oxygen atoms in total. The summed E-state index contributed by atoms with van der Waals surface area (Å²) in [5.41, 5.74) is 5.03. The van der Waals surface area contributed by atoms with Gasteiger partial charge >= 0.3 is 0 Å². The molecule has 0 saturated heterocycles. The molecule has 0 aliphatic heterocycles. The molecule has 0 amide bonds. The van der Waals surface area contributed by atoms with E-state index >= 15 is 0 Å². The predicted octanol–water partition coefficient (Wildman–Crippen LogP) is 3.83. The van der Waals surface area contributed by atoms with Gasteiger partial charge in [0, 0.05) is 36.9 Å². The SMILES string of the molecule is CN(C)CCN(C)c1ccnc(C=NNc2ncnc3sc(C(C)(C)C)cc23)c1. The normalized spacial score (nSPS) is 12.2. The number of nitrogens with one attached hydrogen (secondary N) is 1. The van der Waals surface area contributed by atoms with Gasteiger partial charge < -0.3 is 9.80 Å². The summed E-state index contributed by atoms with van der Waals surface area (Å²) in [5.74, 6) is 0.706. The Balaban J connectivity index is 1.73. The molecule has 3 aromatic rings. The summed E-state index contributed by atoms with van der Waals surface area (Å²) in [6, 6.07) is 6.18. The van der Waals surface area contributed by atoms with Crippen molar-refractivity contribution in [2.75, 3.05) is 44.6 Å². The molecule has 0 aliphatic rings. The first-order valence-electron chi connectivity index (χ1n) is 9.60. The Kier molecular flexibility index (Phi) is 6.44. The number of anilines is 2. The van der Waals surface area contributed by atoms with Crippen molar-refractivity contribution in [3.8, 4) is 0 Å². The van der Waals surface area contributed by atoms with E-state index in [0.29, 0.717) is 5.82 Å². The Morgan fingerprint density at radius 2 is 1.90 bits per heavy atom. The van der Waals surface area contributed by atoms with E-state index in [1.807, 2.05) is 12.1 Å². The largest absolute Gasteiger partial charge is 0.373 e. The van der Waals surface area contributed by atoms with Gasteiger partial charge in [0.05, 0.1) is 17.3 Å². The molecule has 0 atom stereocenters. The molecule has 0 bridgehead atoms. The van der Waals surface area contributed by atoms with E-state index in [2.05, 4.69) is 83.3 Å². The van der Waals surface area contributed by atoms with Gasteiger partial charge in [0.1, 0.15) is 11.2 Å². The van der Waals surface area contributed by atoms with Crippen molar-refractivity contribution in [1.29, 1.82) is 0 Å². The number of hydrogen-bond acceptors (Lipinski definition) is 8. The van der Waals surface area contributed by atoms with Crippen molar-refractivity contribution >= 4 is 39.3 Å². The summed E-state index contributed by atoms with van der Waals surface area (Å²) in [7, 11) is 6.23. The van der Waals surface area contributed by atoms with Crippen molar-refractivity contribution in [2.24, 2.45) is 5.10 Å². The van der Waals surface area contributed by atoms with Crippen molar-refractivity contribution in [3.63, 3.8) is 0 Å². The molecule has 0 radical (unpaired) electrons. The van der Waals surface area contributed by atoms with Crippen molar-refractivity contribution in [1.82, 2.24) is 19.9 Å². The Labute approximate surface area is 176 Å². The number of hydrogen-bond donors (Lipinski definition) is 1. The number of rotatable bonds is 7. The lowest BCUT2D eigenvalue weighted by Gasteiger charge is -2.21. The van der Waals surface area contributed by atoms with Crippen LogP contribution in [0.15, 0.2) is 35.8 Å². The van der Waals surface area contributed by atoms with Gasteiger partial charge in [-0.15, -0.1) is 11.3 Å². The first kappa shape index (κ1) is 21.1. The van der Waals surface area contributed by atoms with E-state index in [1.165, 1.54) is 4.88 Å². The van der Waals surface area contributed by atoms with Gasteiger partial charge in [-0.1, -0.05) is 20.8 Å². The fraction of sp³-hybridized carbons (Fsp3) is 0.429. The molecule has 154 valence electrons. The third-order valence-corrected chi connectivity index (χ3v) is 5.99. The highest BCUT2D eigenvalue weighted by atomic mass is 32.1. The van der Waals surface area contributed by atoms with E-state index in [9.17, 15) is 0 Å². The second-order valence-corrected chi connectivity index (χ2v) is 9.37. The van der Waals surface area contributed by atoms with E-state index in [0.717, 1.165) is 34.7 Å². The minimum Gasteiger partial charge on any atom is -0.373 e. The first-order valence-corrected chi connectivity index (χ1v) is 10.4. The van der Waals surface area contributed by atoms with Crippen LogP contribution < -0.4 is 10.3 Å². The monoisotopic (exact) mass is 411 g/mol. The second kappa shape index (κ2) is 8.84. The zero-order valence-corrected chi connectivity index (χ0v) is 18.8. The first-order chi connectivity index (χ1) is 13.7. The van der Waals surface area contributed by atoms with Gasteiger partial charge in [0.25, 0.3) is 0 Å². The predicted molar refractivity (Wildman–Crippen MR) is 123 cm³/mol. The fourth-order valence-corrected chi connectivity index (χ4v) is 3.75. The maximum Gasteiger partial charge on any atom is 0.158 e. The van der Waals surface area contributed by atoms with Crippen LogP contribution in [0.4, 0.5) is 11.5 Å². The van der Waals surface area contributed by atoms with Crippen LogP contribution >= 0.6 is 11.3 Å². The zero-order valence-electron chi connectivity index (χ0n) is 18.0. The molecule has 0 aliphatic carbocycles. The van der Waals surface area contributed by atoms with Crippen molar-refractivity contribution < 1.29 is 0 Å². The van der Waals surface area contributed by atoms with Crippen LogP contribution in [0.25, 0.3) is 10.2 Å². The topological polar surface area (TPSA) is 69.5 Å². The van der Waals surface area contributed by atoms with Crippen LogP contribution in [0.1, 0.15) is 31.3 Å². The van der Waals surface area contributed by atoms with Crippen LogP contribution in [-0.2, 0) is 5.41 Å².